The highest BCUT2D eigenvalue weighted by molar-refractivity contribution is 6.06. The molecule has 1 aliphatic rings. The number of carbonyl (C=O) groups excluding carboxylic acids is 3. The fraction of sp³-hybridized carbons (Fsp3) is 0.348. The van der Waals surface area contributed by atoms with Gasteiger partial charge in [-0.15, -0.1) is 0 Å². The van der Waals surface area contributed by atoms with Crippen LogP contribution in [0.1, 0.15) is 35.2 Å². The van der Waals surface area contributed by atoms with Crippen LogP contribution in [0.15, 0.2) is 54.6 Å². The third-order valence-corrected chi connectivity index (χ3v) is 5.25. The van der Waals surface area contributed by atoms with Crippen LogP contribution in [0.2, 0.25) is 0 Å². The number of esters is 1. The summed E-state index contributed by atoms with van der Waals surface area (Å²) in [7, 11) is 1.28. The molecular weight excluding hydrogens is 368 g/mol. The number of likely N-dealkylation sites (tertiary alicyclic amines) is 1. The molecule has 1 heterocycles. The van der Waals surface area contributed by atoms with Crippen LogP contribution in [-0.4, -0.2) is 42.9 Å². The molecule has 152 valence electrons. The second-order valence-corrected chi connectivity index (χ2v) is 7.28. The van der Waals surface area contributed by atoms with Crippen molar-refractivity contribution >= 4 is 23.5 Å². The summed E-state index contributed by atoms with van der Waals surface area (Å²) in [5, 5.41) is 2.65. The normalized spacial score (nSPS) is 14.3. The quantitative estimate of drug-likeness (QED) is 0.603. The van der Waals surface area contributed by atoms with Gasteiger partial charge in [-0.25, -0.2) is 4.79 Å². The van der Waals surface area contributed by atoms with E-state index in [1.165, 1.54) is 12.7 Å². The van der Waals surface area contributed by atoms with Gasteiger partial charge in [0.05, 0.1) is 18.4 Å². The summed E-state index contributed by atoms with van der Waals surface area (Å²) in [4.78, 5) is 38.4. The Bertz CT molecular complexity index is 858. The van der Waals surface area contributed by atoms with Crippen LogP contribution in [0.5, 0.6) is 0 Å². The van der Waals surface area contributed by atoms with E-state index in [-0.39, 0.29) is 17.9 Å². The van der Waals surface area contributed by atoms with E-state index in [9.17, 15) is 14.4 Å². The van der Waals surface area contributed by atoms with Crippen LogP contribution in [0.3, 0.4) is 0 Å². The minimum Gasteiger partial charge on any atom is -0.465 e. The number of hydrogen-bond donors (Lipinski definition) is 1. The fourth-order valence-corrected chi connectivity index (χ4v) is 3.66. The highest BCUT2D eigenvalue weighted by Crippen LogP contribution is 2.22. The molecule has 3 rings (SSSR count). The van der Waals surface area contributed by atoms with E-state index in [1.807, 2.05) is 18.2 Å². The van der Waals surface area contributed by atoms with Gasteiger partial charge in [-0.1, -0.05) is 42.5 Å². The second kappa shape index (κ2) is 9.87. The molecule has 6 heteroatoms. The molecule has 0 bridgehead atoms. The van der Waals surface area contributed by atoms with E-state index < -0.39 is 11.9 Å². The standard InChI is InChI=1S/C23H26N2O4/c1-29-23(28)19-9-5-6-10-20(19)24-21(26)16-22(27)25-13-11-18(12-14-25)15-17-7-3-2-4-8-17/h2-10,18H,11-16H2,1H3,(H,24,26). The summed E-state index contributed by atoms with van der Waals surface area (Å²) in [6.07, 6.45) is 2.66. The largest absolute Gasteiger partial charge is 0.465 e. The highest BCUT2D eigenvalue weighted by atomic mass is 16.5. The molecule has 2 aromatic rings. The zero-order chi connectivity index (χ0) is 20.6. The van der Waals surface area contributed by atoms with Crippen LogP contribution in [-0.2, 0) is 20.7 Å². The number of amides is 2. The Morgan fingerprint density at radius 2 is 1.66 bits per heavy atom. The number of rotatable bonds is 6. The summed E-state index contributed by atoms with van der Waals surface area (Å²) in [5.74, 6) is -0.594. The summed E-state index contributed by atoms with van der Waals surface area (Å²) < 4.78 is 4.72. The van der Waals surface area contributed by atoms with E-state index in [4.69, 9.17) is 4.74 Å². The maximum absolute atomic E-state index is 12.5. The molecule has 1 N–H and O–H groups in total. The molecule has 0 spiro atoms. The van der Waals surface area contributed by atoms with Gasteiger partial charge in [0.15, 0.2) is 0 Å². The van der Waals surface area contributed by atoms with E-state index in [0.717, 1.165) is 19.3 Å². The predicted octanol–water partition coefficient (Wildman–Crippen LogP) is 3.28. The fourth-order valence-electron chi connectivity index (χ4n) is 3.66. The molecule has 29 heavy (non-hydrogen) atoms. The molecule has 0 aromatic heterocycles. The lowest BCUT2D eigenvalue weighted by Crippen LogP contribution is -2.40. The van der Waals surface area contributed by atoms with E-state index >= 15 is 0 Å². The number of benzene rings is 2. The highest BCUT2D eigenvalue weighted by Gasteiger charge is 2.24. The van der Waals surface area contributed by atoms with Gasteiger partial charge in [0, 0.05) is 13.1 Å². The Morgan fingerprint density at radius 3 is 2.34 bits per heavy atom. The predicted molar refractivity (Wildman–Crippen MR) is 110 cm³/mol. The van der Waals surface area contributed by atoms with Crippen molar-refractivity contribution in [3.63, 3.8) is 0 Å². The molecule has 1 saturated heterocycles. The lowest BCUT2D eigenvalue weighted by molar-refractivity contribution is -0.135. The number of hydrogen-bond acceptors (Lipinski definition) is 4. The van der Waals surface area contributed by atoms with E-state index in [2.05, 4.69) is 17.4 Å². The minimum atomic E-state index is -0.535. The Balaban J connectivity index is 1.49. The molecular formula is C23H26N2O4. The van der Waals surface area contributed by atoms with Crippen LogP contribution in [0, 0.1) is 5.92 Å². The number of ether oxygens (including phenoxy) is 1. The van der Waals surface area contributed by atoms with E-state index in [0.29, 0.717) is 24.7 Å². The number of nitrogens with one attached hydrogen (secondary N) is 1. The number of para-hydroxylation sites is 1. The number of methoxy groups -OCH3 is 1. The lowest BCUT2D eigenvalue weighted by atomic mass is 9.90. The first-order valence-corrected chi connectivity index (χ1v) is 9.85. The topological polar surface area (TPSA) is 75.7 Å². The summed E-state index contributed by atoms with van der Waals surface area (Å²) in [6.45, 7) is 1.34. The van der Waals surface area contributed by atoms with Crippen molar-refractivity contribution in [3.05, 3.63) is 65.7 Å². The molecule has 1 aliphatic heterocycles. The first kappa shape index (κ1) is 20.6. The van der Waals surface area contributed by atoms with Gasteiger partial charge >= 0.3 is 5.97 Å². The molecule has 0 atom stereocenters. The number of piperidine rings is 1. The van der Waals surface area contributed by atoms with Crippen molar-refractivity contribution < 1.29 is 19.1 Å². The average Bonchev–Trinajstić information content (AvgIpc) is 2.74. The van der Waals surface area contributed by atoms with Crippen molar-refractivity contribution in [2.24, 2.45) is 5.92 Å². The monoisotopic (exact) mass is 394 g/mol. The summed E-state index contributed by atoms with van der Waals surface area (Å²) >= 11 is 0. The lowest BCUT2D eigenvalue weighted by Gasteiger charge is -2.32. The smallest absolute Gasteiger partial charge is 0.339 e. The van der Waals surface area contributed by atoms with Crippen molar-refractivity contribution in [2.45, 2.75) is 25.7 Å². The van der Waals surface area contributed by atoms with Gasteiger partial charge in [0.2, 0.25) is 11.8 Å². The molecule has 1 fully saturated rings. The minimum absolute atomic E-state index is 0.184. The average molecular weight is 394 g/mol. The maximum Gasteiger partial charge on any atom is 0.339 e. The van der Waals surface area contributed by atoms with Crippen molar-refractivity contribution in [1.82, 2.24) is 4.90 Å². The summed E-state index contributed by atoms with van der Waals surface area (Å²) in [5.41, 5.74) is 1.93. The number of carbonyl (C=O) groups is 3. The molecule has 0 saturated carbocycles. The Labute approximate surface area is 170 Å². The van der Waals surface area contributed by atoms with Gasteiger partial charge < -0.3 is 15.0 Å². The number of nitrogens with zero attached hydrogens (tertiary/aromatic N) is 1. The van der Waals surface area contributed by atoms with Crippen molar-refractivity contribution in [1.29, 1.82) is 0 Å². The summed E-state index contributed by atoms with van der Waals surface area (Å²) in [6, 6.07) is 17.0. The molecule has 0 radical (unpaired) electrons. The molecule has 0 unspecified atom stereocenters. The Kier molecular flexibility index (Phi) is 7.00. The van der Waals surface area contributed by atoms with E-state index in [1.54, 1.807) is 29.2 Å². The second-order valence-electron chi connectivity index (χ2n) is 7.28. The molecule has 2 aromatic carbocycles. The van der Waals surface area contributed by atoms with Crippen LogP contribution >= 0.6 is 0 Å². The third kappa shape index (κ3) is 5.67. The van der Waals surface area contributed by atoms with Crippen LogP contribution in [0.25, 0.3) is 0 Å². The first-order valence-electron chi connectivity index (χ1n) is 9.85. The van der Waals surface area contributed by atoms with Crippen LogP contribution in [0.4, 0.5) is 5.69 Å². The SMILES string of the molecule is COC(=O)c1ccccc1NC(=O)CC(=O)N1CCC(Cc2ccccc2)CC1. The molecule has 6 nitrogen and oxygen atoms in total. The van der Waals surface area contributed by atoms with Gasteiger partial charge in [0.1, 0.15) is 6.42 Å². The third-order valence-electron chi connectivity index (χ3n) is 5.25. The number of anilines is 1. The van der Waals surface area contributed by atoms with Crippen molar-refractivity contribution in [3.8, 4) is 0 Å². The molecule has 2 amide bonds. The van der Waals surface area contributed by atoms with Gasteiger partial charge in [-0.2, -0.15) is 0 Å². The molecule has 0 aliphatic carbocycles. The zero-order valence-corrected chi connectivity index (χ0v) is 16.6. The Hall–Kier alpha value is -3.15. The van der Waals surface area contributed by atoms with Crippen molar-refractivity contribution in [2.75, 3.05) is 25.5 Å². The van der Waals surface area contributed by atoms with Gasteiger partial charge in [-0.3, -0.25) is 9.59 Å². The Morgan fingerprint density at radius 1 is 1.00 bits per heavy atom. The van der Waals surface area contributed by atoms with Gasteiger partial charge in [-0.05, 0) is 42.9 Å². The van der Waals surface area contributed by atoms with Crippen LogP contribution < -0.4 is 5.32 Å². The first-order chi connectivity index (χ1) is 14.1. The van der Waals surface area contributed by atoms with Gasteiger partial charge in [0.25, 0.3) is 0 Å². The zero-order valence-electron chi connectivity index (χ0n) is 16.6. The maximum atomic E-state index is 12.5.